The molecule has 1 amide bonds. The summed E-state index contributed by atoms with van der Waals surface area (Å²) < 4.78 is 30.2. The fourth-order valence-corrected chi connectivity index (χ4v) is 4.71. The molecule has 1 aromatic carbocycles. The minimum absolute atomic E-state index is 0.0559. The van der Waals surface area contributed by atoms with Crippen LogP contribution in [-0.2, 0) is 21.2 Å². The highest BCUT2D eigenvalue weighted by molar-refractivity contribution is 7.91. The highest BCUT2D eigenvalue weighted by Gasteiger charge is 2.31. The van der Waals surface area contributed by atoms with Gasteiger partial charge in [-0.3, -0.25) is 4.79 Å². The van der Waals surface area contributed by atoms with E-state index in [-0.39, 0.29) is 23.5 Å². The molecule has 25 heavy (non-hydrogen) atoms. The van der Waals surface area contributed by atoms with Crippen molar-refractivity contribution in [1.82, 2.24) is 9.78 Å². The molecule has 0 saturated carbocycles. The van der Waals surface area contributed by atoms with Crippen LogP contribution in [0.25, 0.3) is 0 Å². The molecular formula is C17H21N3O4S. The van der Waals surface area contributed by atoms with Crippen molar-refractivity contribution in [2.45, 2.75) is 26.0 Å². The maximum atomic E-state index is 12.6. The summed E-state index contributed by atoms with van der Waals surface area (Å²) in [6.07, 6.45) is 0.510. The van der Waals surface area contributed by atoms with Crippen molar-refractivity contribution in [3.8, 4) is 0 Å². The predicted molar refractivity (Wildman–Crippen MR) is 94.4 cm³/mol. The van der Waals surface area contributed by atoms with Gasteiger partial charge >= 0.3 is 0 Å². The van der Waals surface area contributed by atoms with Crippen molar-refractivity contribution in [2.24, 2.45) is 0 Å². The quantitative estimate of drug-likeness (QED) is 0.877. The number of hydrogen-bond donors (Lipinski definition) is 1. The van der Waals surface area contributed by atoms with Gasteiger partial charge in [-0.25, -0.2) is 13.1 Å². The molecule has 2 aromatic rings. The predicted octanol–water partition coefficient (Wildman–Crippen LogP) is 1.95. The first kappa shape index (κ1) is 17.6. The van der Waals surface area contributed by atoms with E-state index in [1.54, 1.807) is 36.1 Å². The van der Waals surface area contributed by atoms with E-state index >= 15 is 0 Å². The number of nitrogens with one attached hydrogen (secondary N) is 1. The summed E-state index contributed by atoms with van der Waals surface area (Å²) in [5, 5.41) is 7.22. The second-order valence-corrected chi connectivity index (χ2v) is 8.49. The van der Waals surface area contributed by atoms with Crippen LogP contribution in [-0.4, -0.2) is 42.7 Å². The van der Waals surface area contributed by atoms with Gasteiger partial charge in [0, 0.05) is 18.7 Å². The van der Waals surface area contributed by atoms with Gasteiger partial charge in [0.2, 0.25) is 0 Å². The van der Waals surface area contributed by atoms with E-state index in [1.165, 1.54) is 0 Å². The van der Waals surface area contributed by atoms with Crippen molar-refractivity contribution in [2.75, 3.05) is 23.9 Å². The topological polar surface area (TPSA) is 90.3 Å². The van der Waals surface area contributed by atoms with Gasteiger partial charge in [-0.05, 0) is 31.0 Å². The lowest BCUT2D eigenvalue weighted by molar-refractivity contribution is 0.102. The fraction of sp³-hybridized carbons (Fsp3) is 0.412. The van der Waals surface area contributed by atoms with Crippen molar-refractivity contribution in [3.05, 3.63) is 47.2 Å². The highest BCUT2D eigenvalue weighted by Crippen LogP contribution is 2.27. The minimum atomic E-state index is -3.03. The molecule has 1 aliphatic heterocycles. The first-order valence-electron chi connectivity index (χ1n) is 8.04. The van der Waals surface area contributed by atoms with Crippen LogP contribution < -0.4 is 5.32 Å². The van der Waals surface area contributed by atoms with Gasteiger partial charge in [0.25, 0.3) is 5.91 Å². The van der Waals surface area contributed by atoms with Gasteiger partial charge in [-0.2, -0.15) is 5.10 Å². The molecule has 1 unspecified atom stereocenters. The lowest BCUT2D eigenvalue weighted by atomic mass is 10.1. The SMILES string of the molecule is COCc1cccc(C(=O)Nc2cc(C)nn2C2CCS(=O)(=O)C2)c1. The average Bonchev–Trinajstić information content (AvgIpc) is 3.10. The number of benzene rings is 1. The summed E-state index contributed by atoms with van der Waals surface area (Å²) in [6.45, 7) is 2.24. The van der Waals surface area contributed by atoms with Crippen LogP contribution >= 0.6 is 0 Å². The molecule has 1 atom stereocenters. The van der Waals surface area contributed by atoms with Gasteiger partial charge in [0.15, 0.2) is 9.84 Å². The Labute approximate surface area is 146 Å². The molecule has 0 aliphatic carbocycles. The van der Waals surface area contributed by atoms with Crippen LogP contribution in [0.3, 0.4) is 0 Å². The summed E-state index contributed by atoms with van der Waals surface area (Å²) in [6, 6.07) is 8.69. The molecule has 8 heteroatoms. The van der Waals surface area contributed by atoms with Gasteiger partial charge < -0.3 is 10.1 Å². The Balaban J connectivity index is 1.81. The van der Waals surface area contributed by atoms with Crippen molar-refractivity contribution in [3.63, 3.8) is 0 Å². The molecule has 1 aliphatic rings. The molecule has 1 fully saturated rings. The minimum Gasteiger partial charge on any atom is -0.380 e. The number of carbonyl (C=O) groups is 1. The number of aromatic nitrogens is 2. The molecular weight excluding hydrogens is 342 g/mol. The first-order valence-corrected chi connectivity index (χ1v) is 9.86. The van der Waals surface area contributed by atoms with Crippen molar-refractivity contribution in [1.29, 1.82) is 0 Å². The molecule has 134 valence electrons. The maximum absolute atomic E-state index is 12.6. The summed E-state index contributed by atoms with van der Waals surface area (Å²) in [4.78, 5) is 12.6. The number of rotatable bonds is 5. The second kappa shape index (κ2) is 6.97. The lowest BCUT2D eigenvalue weighted by Gasteiger charge is -2.14. The second-order valence-electron chi connectivity index (χ2n) is 6.26. The Morgan fingerprint density at radius 2 is 2.20 bits per heavy atom. The normalized spacial score (nSPS) is 19.0. The van der Waals surface area contributed by atoms with Crippen molar-refractivity contribution < 1.29 is 17.9 Å². The molecule has 3 rings (SSSR count). The number of carbonyl (C=O) groups excluding carboxylic acids is 1. The van der Waals surface area contributed by atoms with E-state index in [0.717, 1.165) is 11.3 Å². The number of amides is 1. The van der Waals surface area contributed by atoms with E-state index in [0.29, 0.717) is 24.4 Å². The van der Waals surface area contributed by atoms with Gasteiger partial charge in [0.05, 0.1) is 29.8 Å². The van der Waals surface area contributed by atoms with Crippen LogP contribution in [0.1, 0.15) is 34.1 Å². The lowest BCUT2D eigenvalue weighted by Crippen LogP contribution is -2.19. The monoisotopic (exact) mass is 363 g/mol. The Morgan fingerprint density at radius 3 is 2.88 bits per heavy atom. The molecule has 1 N–H and O–H groups in total. The van der Waals surface area contributed by atoms with Crippen LogP contribution in [0, 0.1) is 6.92 Å². The third-order valence-electron chi connectivity index (χ3n) is 4.15. The Kier molecular flexibility index (Phi) is 4.91. The third-order valence-corrected chi connectivity index (χ3v) is 5.90. The third kappa shape index (κ3) is 4.08. The molecule has 0 spiro atoms. The van der Waals surface area contributed by atoms with E-state index in [9.17, 15) is 13.2 Å². The van der Waals surface area contributed by atoms with E-state index in [2.05, 4.69) is 10.4 Å². The number of sulfone groups is 1. The smallest absolute Gasteiger partial charge is 0.256 e. The summed E-state index contributed by atoms with van der Waals surface area (Å²) in [5.41, 5.74) is 2.15. The van der Waals surface area contributed by atoms with Crippen LogP contribution in [0.15, 0.2) is 30.3 Å². The summed E-state index contributed by atoms with van der Waals surface area (Å²) in [7, 11) is -1.43. The Morgan fingerprint density at radius 1 is 1.40 bits per heavy atom. The van der Waals surface area contributed by atoms with Gasteiger partial charge in [-0.15, -0.1) is 0 Å². The number of ether oxygens (including phenoxy) is 1. The van der Waals surface area contributed by atoms with E-state index in [1.807, 2.05) is 13.0 Å². The van der Waals surface area contributed by atoms with E-state index in [4.69, 9.17) is 4.74 Å². The van der Waals surface area contributed by atoms with Gasteiger partial charge in [0.1, 0.15) is 5.82 Å². The molecule has 0 bridgehead atoms. The Bertz CT molecular complexity index is 889. The highest BCUT2D eigenvalue weighted by atomic mass is 32.2. The van der Waals surface area contributed by atoms with Gasteiger partial charge in [-0.1, -0.05) is 12.1 Å². The zero-order chi connectivity index (χ0) is 18.0. The first-order chi connectivity index (χ1) is 11.9. The fourth-order valence-electron chi connectivity index (χ4n) is 3.01. The number of aryl methyl sites for hydroxylation is 1. The molecule has 7 nitrogen and oxygen atoms in total. The average molecular weight is 363 g/mol. The largest absolute Gasteiger partial charge is 0.380 e. The maximum Gasteiger partial charge on any atom is 0.256 e. The number of hydrogen-bond acceptors (Lipinski definition) is 5. The molecule has 2 heterocycles. The summed E-state index contributed by atoms with van der Waals surface area (Å²) >= 11 is 0. The number of methoxy groups -OCH3 is 1. The zero-order valence-electron chi connectivity index (χ0n) is 14.2. The zero-order valence-corrected chi connectivity index (χ0v) is 15.0. The molecule has 1 aromatic heterocycles. The molecule has 0 radical (unpaired) electrons. The van der Waals surface area contributed by atoms with Crippen molar-refractivity contribution >= 4 is 21.6 Å². The van der Waals surface area contributed by atoms with Crippen LogP contribution in [0.5, 0.6) is 0 Å². The Hall–Kier alpha value is -2.19. The van der Waals surface area contributed by atoms with Crippen LogP contribution in [0.2, 0.25) is 0 Å². The summed E-state index contributed by atoms with van der Waals surface area (Å²) in [5.74, 6) is 0.463. The van der Waals surface area contributed by atoms with Crippen LogP contribution in [0.4, 0.5) is 5.82 Å². The molecule has 1 saturated heterocycles. The number of anilines is 1. The standard InChI is InChI=1S/C17H21N3O4S/c1-12-8-16(20(19-12)15-6-7-25(22,23)11-15)18-17(21)14-5-3-4-13(9-14)10-24-2/h3-5,8-9,15H,6-7,10-11H2,1-2H3,(H,18,21). The van der Waals surface area contributed by atoms with E-state index < -0.39 is 9.84 Å². The number of nitrogens with zero attached hydrogens (tertiary/aromatic N) is 2.